The van der Waals surface area contributed by atoms with Crippen LogP contribution in [0, 0.1) is 0 Å². The van der Waals surface area contributed by atoms with Gasteiger partial charge >= 0.3 is 0 Å². The van der Waals surface area contributed by atoms with Gasteiger partial charge in [0.2, 0.25) is 0 Å². The van der Waals surface area contributed by atoms with E-state index in [2.05, 4.69) is 15.8 Å². The molecule has 1 saturated heterocycles. The number of thiocarbonyl (C=S) groups is 1. The predicted molar refractivity (Wildman–Crippen MR) is 85.1 cm³/mol. The maximum absolute atomic E-state index is 9.43. The van der Waals surface area contributed by atoms with Gasteiger partial charge in [0.25, 0.3) is 0 Å². The Hall–Kier alpha value is -1.57. The fourth-order valence-electron chi connectivity index (χ4n) is 1.90. The number of hydrogen-bond donors (Lipinski definition) is 4. The molecule has 0 spiro atoms. The molecular formula is C13H16ClN3O3S. The lowest BCUT2D eigenvalue weighted by molar-refractivity contribution is 0.114. The normalized spacial score (nSPS) is 18.0. The van der Waals surface area contributed by atoms with E-state index < -0.39 is 0 Å². The average molecular weight is 330 g/mol. The van der Waals surface area contributed by atoms with Gasteiger partial charge in [-0.15, -0.1) is 0 Å². The fourth-order valence-corrected chi connectivity index (χ4v) is 2.26. The summed E-state index contributed by atoms with van der Waals surface area (Å²) in [6.07, 6.45) is 3.74. The van der Waals surface area contributed by atoms with E-state index in [0.717, 1.165) is 19.4 Å². The number of rotatable bonds is 4. The Morgan fingerprint density at radius 2 is 2.33 bits per heavy atom. The molecule has 1 heterocycles. The first-order valence-electron chi connectivity index (χ1n) is 6.46. The summed E-state index contributed by atoms with van der Waals surface area (Å²) in [4.78, 5) is 0. The van der Waals surface area contributed by atoms with Crippen LogP contribution in [-0.2, 0) is 4.74 Å². The number of nitrogens with zero attached hydrogens (tertiary/aromatic N) is 1. The number of hydrogen-bond acceptors (Lipinski definition) is 5. The van der Waals surface area contributed by atoms with Crippen molar-refractivity contribution in [3.05, 3.63) is 22.7 Å². The first-order chi connectivity index (χ1) is 10.1. The van der Waals surface area contributed by atoms with Crippen LogP contribution in [0.5, 0.6) is 11.5 Å². The molecule has 0 unspecified atom stereocenters. The molecule has 0 amide bonds. The smallest absolute Gasteiger partial charge is 0.187 e. The molecule has 0 aromatic heterocycles. The van der Waals surface area contributed by atoms with Crippen molar-refractivity contribution in [1.82, 2.24) is 10.7 Å². The molecule has 0 aliphatic carbocycles. The molecule has 4 N–H and O–H groups in total. The largest absolute Gasteiger partial charge is 0.504 e. The number of phenolic OH excluding ortho intramolecular Hbond substituents is 2. The summed E-state index contributed by atoms with van der Waals surface area (Å²) < 4.78 is 5.46. The van der Waals surface area contributed by atoms with Crippen molar-refractivity contribution in [2.75, 3.05) is 13.2 Å². The van der Waals surface area contributed by atoms with Crippen molar-refractivity contribution in [2.24, 2.45) is 5.10 Å². The molecule has 1 aliphatic heterocycles. The monoisotopic (exact) mass is 329 g/mol. The zero-order valence-corrected chi connectivity index (χ0v) is 12.7. The van der Waals surface area contributed by atoms with E-state index >= 15 is 0 Å². The number of halogens is 1. The maximum atomic E-state index is 9.43. The van der Waals surface area contributed by atoms with Gasteiger partial charge in [-0.05, 0) is 42.8 Å². The summed E-state index contributed by atoms with van der Waals surface area (Å²) in [6, 6.07) is 2.82. The van der Waals surface area contributed by atoms with Gasteiger partial charge in [-0.3, -0.25) is 5.43 Å². The Morgan fingerprint density at radius 1 is 1.52 bits per heavy atom. The molecule has 2 rings (SSSR count). The number of ether oxygens (including phenoxy) is 1. The molecule has 0 radical (unpaired) electrons. The van der Waals surface area contributed by atoms with Crippen LogP contribution in [0.4, 0.5) is 0 Å². The number of phenols is 2. The van der Waals surface area contributed by atoms with Crippen LogP contribution >= 0.6 is 23.8 Å². The first kappa shape index (κ1) is 15.8. The second-order valence-corrected chi connectivity index (χ2v) is 5.40. The number of benzene rings is 1. The van der Waals surface area contributed by atoms with Crippen LogP contribution in [0.3, 0.4) is 0 Å². The Balaban J connectivity index is 1.80. The summed E-state index contributed by atoms with van der Waals surface area (Å²) in [7, 11) is 0. The first-order valence-corrected chi connectivity index (χ1v) is 7.25. The van der Waals surface area contributed by atoms with Gasteiger partial charge < -0.3 is 20.3 Å². The molecular weight excluding hydrogens is 314 g/mol. The van der Waals surface area contributed by atoms with E-state index in [-0.39, 0.29) is 22.6 Å². The summed E-state index contributed by atoms with van der Waals surface area (Å²) >= 11 is 10.8. The van der Waals surface area contributed by atoms with Crippen LogP contribution in [-0.4, -0.2) is 40.8 Å². The van der Waals surface area contributed by atoms with Crippen molar-refractivity contribution in [2.45, 2.75) is 18.9 Å². The highest BCUT2D eigenvalue weighted by molar-refractivity contribution is 7.80. The third-order valence-electron chi connectivity index (χ3n) is 2.96. The third-order valence-corrected chi connectivity index (χ3v) is 3.48. The topological polar surface area (TPSA) is 86.1 Å². The van der Waals surface area contributed by atoms with Gasteiger partial charge in [-0.2, -0.15) is 5.10 Å². The SMILES string of the molecule is Oc1cc(/C=N/NC(=S)NC[C@@H]2CCCO2)cc(Cl)c1O. The number of nitrogens with one attached hydrogen (secondary N) is 2. The Kier molecular flexibility index (Phi) is 5.60. The molecule has 1 aromatic rings. The maximum Gasteiger partial charge on any atom is 0.187 e. The van der Waals surface area contributed by atoms with Crippen molar-refractivity contribution >= 4 is 35.1 Å². The van der Waals surface area contributed by atoms with E-state index in [1.807, 2.05) is 0 Å². The minimum atomic E-state index is -0.351. The van der Waals surface area contributed by atoms with Crippen LogP contribution in [0.15, 0.2) is 17.2 Å². The third kappa shape index (κ3) is 4.73. The summed E-state index contributed by atoms with van der Waals surface area (Å²) in [5, 5.41) is 26.1. The highest BCUT2D eigenvalue weighted by Crippen LogP contribution is 2.33. The van der Waals surface area contributed by atoms with E-state index in [0.29, 0.717) is 17.2 Å². The minimum absolute atomic E-state index is 0.0514. The predicted octanol–water partition coefficient (Wildman–Crippen LogP) is 1.73. The Morgan fingerprint density at radius 3 is 3.00 bits per heavy atom. The van der Waals surface area contributed by atoms with Gasteiger partial charge in [-0.1, -0.05) is 11.6 Å². The second kappa shape index (κ2) is 7.44. The molecule has 6 nitrogen and oxygen atoms in total. The van der Waals surface area contributed by atoms with Crippen molar-refractivity contribution in [3.63, 3.8) is 0 Å². The van der Waals surface area contributed by atoms with E-state index in [1.165, 1.54) is 18.3 Å². The summed E-state index contributed by atoms with van der Waals surface area (Å²) in [6.45, 7) is 1.45. The number of aromatic hydroxyl groups is 2. The average Bonchev–Trinajstić information content (AvgIpc) is 2.96. The van der Waals surface area contributed by atoms with Gasteiger partial charge in [0.1, 0.15) is 0 Å². The van der Waals surface area contributed by atoms with Crippen molar-refractivity contribution in [3.8, 4) is 11.5 Å². The van der Waals surface area contributed by atoms with Crippen LogP contribution in [0.2, 0.25) is 5.02 Å². The van der Waals surface area contributed by atoms with Crippen LogP contribution in [0.1, 0.15) is 18.4 Å². The minimum Gasteiger partial charge on any atom is -0.504 e. The lowest BCUT2D eigenvalue weighted by Crippen LogP contribution is -2.37. The highest BCUT2D eigenvalue weighted by Gasteiger charge is 2.15. The fraction of sp³-hybridized carbons (Fsp3) is 0.385. The van der Waals surface area contributed by atoms with E-state index in [4.69, 9.17) is 28.6 Å². The molecule has 1 fully saturated rings. The lowest BCUT2D eigenvalue weighted by Gasteiger charge is -2.11. The Bertz CT molecular complexity index is 524. The van der Waals surface area contributed by atoms with Crippen molar-refractivity contribution in [1.29, 1.82) is 0 Å². The standard InChI is InChI=1S/C13H16ClN3O3S/c14-10-4-8(5-11(18)12(10)19)6-16-17-13(21)15-7-9-2-1-3-20-9/h4-6,9,18-19H,1-3,7H2,(H2,15,17,21)/b16-6+/t9-/m0/s1. The Labute approximate surface area is 132 Å². The zero-order chi connectivity index (χ0) is 15.2. The highest BCUT2D eigenvalue weighted by atomic mass is 35.5. The molecule has 1 atom stereocenters. The van der Waals surface area contributed by atoms with E-state index in [1.54, 1.807) is 0 Å². The van der Waals surface area contributed by atoms with E-state index in [9.17, 15) is 10.2 Å². The quantitative estimate of drug-likeness (QED) is 0.291. The second-order valence-electron chi connectivity index (χ2n) is 4.59. The molecule has 8 heteroatoms. The molecule has 21 heavy (non-hydrogen) atoms. The van der Waals surface area contributed by atoms with Crippen LogP contribution in [0.25, 0.3) is 0 Å². The van der Waals surface area contributed by atoms with Gasteiger partial charge in [-0.25, -0.2) is 0 Å². The van der Waals surface area contributed by atoms with Gasteiger partial charge in [0.15, 0.2) is 16.6 Å². The van der Waals surface area contributed by atoms with Gasteiger partial charge in [0.05, 0.1) is 17.3 Å². The molecule has 0 saturated carbocycles. The molecule has 1 aliphatic rings. The van der Waals surface area contributed by atoms with Gasteiger partial charge in [0, 0.05) is 13.2 Å². The van der Waals surface area contributed by atoms with Crippen molar-refractivity contribution < 1.29 is 14.9 Å². The zero-order valence-electron chi connectivity index (χ0n) is 11.2. The molecule has 114 valence electrons. The molecule has 0 bridgehead atoms. The number of hydrazone groups is 1. The molecule has 1 aromatic carbocycles. The van der Waals surface area contributed by atoms with Crippen LogP contribution < -0.4 is 10.7 Å². The lowest BCUT2D eigenvalue weighted by atomic mass is 10.2. The summed E-state index contributed by atoms with van der Waals surface area (Å²) in [5.74, 6) is -0.654. The summed E-state index contributed by atoms with van der Waals surface area (Å²) in [5.41, 5.74) is 3.19.